The van der Waals surface area contributed by atoms with Crippen LogP contribution in [0.15, 0.2) is 29.2 Å². The van der Waals surface area contributed by atoms with Crippen molar-refractivity contribution in [2.45, 2.75) is 25.7 Å². The predicted octanol–water partition coefficient (Wildman–Crippen LogP) is 2.50. The molecule has 0 aliphatic carbocycles. The summed E-state index contributed by atoms with van der Waals surface area (Å²) in [7, 11) is -3.81. The van der Waals surface area contributed by atoms with Gasteiger partial charge in [-0.15, -0.1) is 0 Å². The van der Waals surface area contributed by atoms with E-state index in [0.717, 1.165) is 24.3 Å². The number of nitro benzene ring substituents is 1. The molecule has 1 unspecified atom stereocenters. The largest absolute Gasteiger partial charge is 0.269 e. The maximum atomic E-state index is 13.0. The minimum absolute atomic E-state index is 0.0285. The molecule has 0 saturated carbocycles. The highest BCUT2D eigenvalue weighted by molar-refractivity contribution is 7.89. The highest BCUT2D eigenvalue weighted by atomic mass is 32.2. The third-order valence-corrected chi connectivity index (χ3v) is 4.73. The fourth-order valence-corrected chi connectivity index (χ4v) is 2.71. The number of rotatable bonds is 6. The second-order valence-electron chi connectivity index (χ2n) is 5.82. The number of sulfonamides is 1. The molecule has 0 amide bonds. The van der Waals surface area contributed by atoms with E-state index in [9.17, 15) is 22.9 Å². The zero-order chi connectivity index (χ0) is 16.3. The standard InChI is InChI=1S/C13H19FN2O4S/c1-13(2,3)10(8-14)9-15-21(19,20)12-6-4-11(5-7-12)16(17)18/h4-7,10,15H,8-9H2,1-3H3. The van der Waals surface area contributed by atoms with Crippen molar-refractivity contribution in [1.29, 1.82) is 0 Å². The third kappa shape index (κ3) is 4.75. The highest BCUT2D eigenvalue weighted by Gasteiger charge is 2.26. The summed E-state index contributed by atoms with van der Waals surface area (Å²) in [5.41, 5.74) is -0.558. The van der Waals surface area contributed by atoms with Crippen molar-refractivity contribution in [3.63, 3.8) is 0 Å². The number of halogens is 1. The average Bonchev–Trinajstić information content (AvgIpc) is 2.37. The van der Waals surface area contributed by atoms with Gasteiger partial charge in [0.05, 0.1) is 16.5 Å². The zero-order valence-corrected chi connectivity index (χ0v) is 13.0. The normalized spacial score (nSPS) is 13.9. The molecule has 1 aromatic carbocycles. The second-order valence-corrected chi connectivity index (χ2v) is 7.59. The molecule has 0 fully saturated rings. The summed E-state index contributed by atoms with van der Waals surface area (Å²) in [6.45, 7) is 4.83. The number of nitro groups is 1. The molecule has 8 heteroatoms. The zero-order valence-electron chi connectivity index (χ0n) is 12.2. The van der Waals surface area contributed by atoms with Gasteiger partial charge in [-0.25, -0.2) is 13.1 Å². The van der Waals surface area contributed by atoms with Crippen LogP contribution < -0.4 is 4.72 Å². The molecule has 21 heavy (non-hydrogen) atoms. The van der Waals surface area contributed by atoms with Crippen molar-refractivity contribution in [3.05, 3.63) is 34.4 Å². The topological polar surface area (TPSA) is 89.3 Å². The van der Waals surface area contributed by atoms with Gasteiger partial charge in [-0.2, -0.15) is 0 Å². The number of alkyl halides is 1. The molecule has 0 saturated heterocycles. The molecule has 1 atom stereocenters. The van der Waals surface area contributed by atoms with Gasteiger partial charge in [0.15, 0.2) is 0 Å². The molecule has 0 bridgehead atoms. The first-order valence-corrected chi connectivity index (χ1v) is 7.86. The van der Waals surface area contributed by atoms with E-state index >= 15 is 0 Å². The lowest BCUT2D eigenvalue weighted by Crippen LogP contribution is -2.36. The highest BCUT2D eigenvalue weighted by Crippen LogP contribution is 2.26. The molecule has 0 aromatic heterocycles. The van der Waals surface area contributed by atoms with Crippen LogP contribution in [0.5, 0.6) is 0 Å². The van der Waals surface area contributed by atoms with Gasteiger partial charge in [-0.05, 0) is 17.5 Å². The van der Waals surface area contributed by atoms with E-state index in [4.69, 9.17) is 0 Å². The maximum absolute atomic E-state index is 13.0. The number of non-ortho nitro benzene ring substituents is 1. The van der Waals surface area contributed by atoms with E-state index in [0.29, 0.717) is 0 Å². The lowest BCUT2D eigenvalue weighted by atomic mass is 9.82. The van der Waals surface area contributed by atoms with Gasteiger partial charge in [0.1, 0.15) is 0 Å². The first kappa shape index (κ1) is 17.5. The monoisotopic (exact) mass is 318 g/mol. The first-order valence-electron chi connectivity index (χ1n) is 6.38. The average molecular weight is 318 g/mol. The summed E-state index contributed by atoms with van der Waals surface area (Å²) in [6.07, 6.45) is 0. The van der Waals surface area contributed by atoms with Crippen molar-refractivity contribution in [1.82, 2.24) is 4.72 Å². The van der Waals surface area contributed by atoms with Crippen molar-refractivity contribution < 1.29 is 17.7 Å². The van der Waals surface area contributed by atoms with Crippen LogP contribution in [0.3, 0.4) is 0 Å². The number of hydrogen-bond acceptors (Lipinski definition) is 4. The van der Waals surface area contributed by atoms with E-state index in [1.165, 1.54) is 0 Å². The summed E-state index contributed by atoms with van der Waals surface area (Å²) < 4.78 is 39.4. The van der Waals surface area contributed by atoms with Gasteiger partial charge >= 0.3 is 0 Å². The van der Waals surface area contributed by atoms with Crippen LogP contribution in [0.1, 0.15) is 20.8 Å². The van der Waals surface area contributed by atoms with Gasteiger partial charge in [0, 0.05) is 24.6 Å². The Morgan fingerprint density at radius 1 is 1.29 bits per heavy atom. The molecule has 6 nitrogen and oxygen atoms in total. The van der Waals surface area contributed by atoms with E-state index in [-0.39, 0.29) is 22.5 Å². The molecule has 0 heterocycles. The van der Waals surface area contributed by atoms with Crippen LogP contribution in [-0.4, -0.2) is 26.6 Å². The lowest BCUT2D eigenvalue weighted by molar-refractivity contribution is -0.384. The summed E-state index contributed by atoms with van der Waals surface area (Å²) in [6, 6.07) is 4.54. The smallest absolute Gasteiger partial charge is 0.258 e. The second kappa shape index (κ2) is 6.48. The summed E-state index contributed by atoms with van der Waals surface area (Å²) in [4.78, 5) is 9.83. The minimum atomic E-state index is -3.81. The molecule has 0 radical (unpaired) electrons. The molecule has 118 valence electrons. The van der Waals surface area contributed by atoms with Crippen molar-refractivity contribution in [3.8, 4) is 0 Å². The Morgan fingerprint density at radius 3 is 2.19 bits per heavy atom. The van der Waals surface area contributed by atoms with Crippen LogP contribution in [-0.2, 0) is 10.0 Å². The Hall–Kier alpha value is -1.54. The van der Waals surface area contributed by atoms with Crippen LogP contribution in [0.25, 0.3) is 0 Å². The molecule has 1 rings (SSSR count). The lowest BCUT2D eigenvalue weighted by Gasteiger charge is -2.28. The van der Waals surface area contributed by atoms with E-state index in [2.05, 4.69) is 4.72 Å². The number of hydrogen-bond donors (Lipinski definition) is 1. The van der Waals surface area contributed by atoms with Crippen LogP contribution >= 0.6 is 0 Å². The Bertz CT molecular complexity index is 594. The van der Waals surface area contributed by atoms with E-state index < -0.39 is 27.5 Å². The fourth-order valence-electron chi connectivity index (χ4n) is 1.63. The van der Waals surface area contributed by atoms with Crippen molar-refractivity contribution >= 4 is 15.7 Å². The summed E-state index contributed by atoms with van der Waals surface area (Å²) in [5.74, 6) is -0.453. The van der Waals surface area contributed by atoms with Crippen LogP contribution in [0.4, 0.5) is 10.1 Å². The van der Waals surface area contributed by atoms with Gasteiger partial charge in [-0.3, -0.25) is 14.5 Å². The van der Waals surface area contributed by atoms with E-state index in [1.807, 2.05) is 20.8 Å². The quantitative estimate of drug-likeness (QED) is 0.644. The van der Waals surface area contributed by atoms with Crippen molar-refractivity contribution in [2.75, 3.05) is 13.2 Å². The van der Waals surface area contributed by atoms with Crippen molar-refractivity contribution in [2.24, 2.45) is 11.3 Å². The Morgan fingerprint density at radius 2 is 1.81 bits per heavy atom. The summed E-state index contributed by atoms with van der Waals surface area (Å²) >= 11 is 0. The number of benzene rings is 1. The molecule has 1 aromatic rings. The fraction of sp³-hybridized carbons (Fsp3) is 0.538. The SMILES string of the molecule is CC(C)(C)C(CF)CNS(=O)(=O)c1ccc([N+](=O)[O-])cc1. The van der Waals surface area contributed by atoms with Gasteiger partial charge in [-0.1, -0.05) is 20.8 Å². The van der Waals surface area contributed by atoms with Gasteiger partial charge < -0.3 is 0 Å². The number of nitrogens with zero attached hydrogens (tertiary/aromatic N) is 1. The number of nitrogens with one attached hydrogen (secondary N) is 1. The summed E-state index contributed by atoms with van der Waals surface area (Å²) in [5, 5.41) is 10.5. The molecule has 0 spiro atoms. The Labute approximate surface area is 123 Å². The van der Waals surface area contributed by atoms with E-state index in [1.54, 1.807) is 0 Å². The van der Waals surface area contributed by atoms with Crippen LogP contribution in [0.2, 0.25) is 0 Å². The Kier molecular flexibility index (Phi) is 5.41. The van der Waals surface area contributed by atoms with Gasteiger partial charge in [0.2, 0.25) is 10.0 Å². The minimum Gasteiger partial charge on any atom is -0.258 e. The third-order valence-electron chi connectivity index (χ3n) is 3.29. The predicted molar refractivity (Wildman–Crippen MR) is 77.2 cm³/mol. The Balaban J connectivity index is 2.84. The molecular formula is C13H19FN2O4S. The molecule has 0 aliphatic rings. The first-order chi connectivity index (χ1) is 9.58. The van der Waals surface area contributed by atoms with Crippen LogP contribution in [0, 0.1) is 21.4 Å². The molecule has 1 N–H and O–H groups in total. The molecular weight excluding hydrogens is 299 g/mol. The maximum Gasteiger partial charge on any atom is 0.269 e. The van der Waals surface area contributed by atoms with Gasteiger partial charge in [0.25, 0.3) is 5.69 Å². The molecule has 0 aliphatic heterocycles.